The van der Waals surface area contributed by atoms with Crippen LogP contribution in [-0.2, 0) is 6.42 Å². The van der Waals surface area contributed by atoms with Gasteiger partial charge in [-0.15, -0.1) is 0 Å². The smallest absolute Gasteiger partial charge is 0.254 e. The van der Waals surface area contributed by atoms with Gasteiger partial charge in [0.1, 0.15) is 0 Å². The molecule has 188 valence electrons. The fourth-order valence-electron chi connectivity index (χ4n) is 6.70. The summed E-state index contributed by atoms with van der Waals surface area (Å²) in [7, 11) is 0. The van der Waals surface area contributed by atoms with Crippen LogP contribution in [-0.4, -0.2) is 47.9 Å². The van der Waals surface area contributed by atoms with Crippen molar-refractivity contribution in [1.29, 1.82) is 0 Å². The van der Waals surface area contributed by atoms with Crippen LogP contribution in [0.3, 0.4) is 0 Å². The first-order valence-corrected chi connectivity index (χ1v) is 14.1. The summed E-state index contributed by atoms with van der Waals surface area (Å²) in [5.41, 5.74) is 4.93. The molecule has 0 radical (unpaired) electrons. The summed E-state index contributed by atoms with van der Waals surface area (Å²) in [6.45, 7) is 8.75. The van der Waals surface area contributed by atoms with Crippen LogP contribution < -0.4 is 5.32 Å². The SMILES string of the molecule is CCCCCCN(C(=O)c1ccc2c(c1)CCN1C[C@H]3CCCN[C@H]3C[C@H]21)[C@H](C)c1ccccc1. The third kappa shape index (κ3) is 5.34. The average molecular weight is 474 g/mol. The van der Waals surface area contributed by atoms with Crippen molar-refractivity contribution in [2.24, 2.45) is 5.92 Å². The Balaban J connectivity index is 1.35. The minimum Gasteiger partial charge on any atom is -0.332 e. The molecule has 3 heterocycles. The third-order valence-corrected chi connectivity index (χ3v) is 8.79. The summed E-state index contributed by atoms with van der Waals surface area (Å²) in [5.74, 6) is 0.990. The van der Waals surface area contributed by atoms with Gasteiger partial charge in [-0.3, -0.25) is 9.69 Å². The van der Waals surface area contributed by atoms with Crippen molar-refractivity contribution in [1.82, 2.24) is 15.1 Å². The molecular weight excluding hydrogens is 430 g/mol. The Hall–Kier alpha value is -2.17. The van der Waals surface area contributed by atoms with Crippen molar-refractivity contribution in [2.45, 2.75) is 83.3 Å². The molecule has 35 heavy (non-hydrogen) atoms. The van der Waals surface area contributed by atoms with E-state index in [1.165, 1.54) is 68.3 Å². The molecule has 0 aliphatic carbocycles. The molecule has 3 aliphatic rings. The van der Waals surface area contributed by atoms with Crippen molar-refractivity contribution in [3.05, 3.63) is 70.8 Å². The van der Waals surface area contributed by atoms with Gasteiger partial charge in [-0.05, 0) is 80.3 Å². The second-order valence-electron chi connectivity index (χ2n) is 11.0. The van der Waals surface area contributed by atoms with E-state index < -0.39 is 0 Å². The standard InChI is InChI=1S/C31H43N3O/c1-3-4-5-9-18-34(23(2)24-11-7-6-8-12-24)31(35)26-14-15-28-25(20-26)16-19-33-22-27-13-10-17-32-29(27)21-30(28)33/h6-8,11-12,14-15,20,23,27,29-30,32H,3-5,9-10,13,16-19,21-22H2,1-2H3/t23-,27-,29+,30-/m1/s1. The van der Waals surface area contributed by atoms with Crippen LogP contribution >= 0.6 is 0 Å². The van der Waals surface area contributed by atoms with Crippen LogP contribution in [0.2, 0.25) is 0 Å². The summed E-state index contributed by atoms with van der Waals surface area (Å²) in [6, 6.07) is 18.3. The fourth-order valence-corrected chi connectivity index (χ4v) is 6.70. The highest BCUT2D eigenvalue weighted by Gasteiger charge is 2.39. The van der Waals surface area contributed by atoms with Crippen molar-refractivity contribution >= 4 is 5.91 Å². The van der Waals surface area contributed by atoms with Gasteiger partial charge >= 0.3 is 0 Å². The monoisotopic (exact) mass is 473 g/mol. The number of fused-ring (bicyclic) bond motifs is 4. The number of benzene rings is 2. The topological polar surface area (TPSA) is 35.6 Å². The molecule has 0 saturated carbocycles. The van der Waals surface area contributed by atoms with E-state index >= 15 is 0 Å². The molecule has 2 saturated heterocycles. The fraction of sp³-hybridized carbons (Fsp3) is 0.581. The normalized spacial score (nSPS) is 24.7. The summed E-state index contributed by atoms with van der Waals surface area (Å²) < 4.78 is 0. The van der Waals surface area contributed by atoms with Gasteiger partial charge in [-0.1, -0.05) is 62.6 Å². The first-order chi connectivity index (χ1) is 17.2. The molecule has 0 aromatic heterocycles. The van der Waals surface area contributed by atoms with Gasteiger partial charge in [0.05, 0.1) is 6.04 Å². The second kappa shape index (κ2) is 11.3. The molecule has 0 spiro atoms. The predicted molar refractivity (Wildman–Crippen MR) is 144 cm³/mol. The molecule has 4 nitrogen and oxygen atoms in total. The number of carbonyl (C=O) groups is 1. The molecule has 1 amide bonds. The highest BCUT2D eigenvalue weighted by atomic mass is 16.2. The van der Waals surface area contributed by atoms with Crippen molar-refractivity contribution in [3.63, 3.8) is 0 Å². The van der Waals surface area contributed by atoms with Crippen LogP contribution in [0.15, 0.2) is 48.5 Å². The molecule has 4 atom stereocenters. The van der Waals surface area contributed by atoms with Crippen LogP contribution in [0.1, 0.15) is 97.9 Å². The number of piperidine rings is 2. The molecule has 2 aromatic carbocycles. The zero-order valence-electron chi connectivity index (χ0n) is 21.7. The van der Waals surface area contributed by atoms with E-state index in [-0.39, 0.29) is 11.9 Å². The maximum atomic E-state index is 13.9. The van der Waals surface area contributed by atoms with Crippen LogP contribution in [0.4, 0.5) is 0 Å². The van der Waals surface area contributed by atoms with E-state index in [4.69, 9.17) is 0 Å². The highest BCUT2D eigenvalue weighted by Crippen LogP contribution is 2.41. The van der Waals surface area contributed by atoms with Gasteiger partial charge in [0, 0.05) is 37.3 Å². The van der Waals surface area contributed by atoms with Gasteiger partial charge in [0.25, 0.3) is 5.91 Å². The Morgan fingerprint density at radius 3 is 2.83 bits per heavy atom. The van der Waals surface area contributed by atoms with Crippen LogP contribution in [0.5, 0.6) is 0 Å². The maximum Gasteiger partial charge on any atom is 0.254 e. The van der Waals surface area contributed by atoms with Crippen LogP contribution in [0.25, 0.3) is 0 Å². The van der Waals surface area contributed by atoms with Gasteiger partial charge in [-0.2, -0.15) is 0 Å². The number of hydrogen-bond donors (Lipinski definition) is 1. The number of rotatable bonds is 8. The second-order valence-corrected chi connectivity index (χ2v) is 11.0. The van der Waals surface area contributed by atoms with Crippen molar-refractivity contribution < 1.29 is 4.79 Å². The van der Waals surface area contributed by atoms with Gasteiger partial charge < -0.3 is 10.2 Å². The number of carbonyl (C=O) groups excluding carboxylic acids is 1. The average Bonchev–Trinajstić information content (AvgIpc) is 2.91. The maximum absolute atomic E-state index is 13.9. The summed E-state index contributed by atoms with van der Waals surface area (Å²) in [5, 5.41) is 3.80. The molecule has 1 N–H and O–H groups in total. The number of amides is 1. The lowest BCUT2D eigenvalue weighted by Crippen LogP contribution is -2.54. The molecule has 2 aromatic rings. The van der Waals surface area contributed by atoms with E-state index in [0.717, 1.165) is 37.4 Å². The highest BCUT2D eigenvalue weighted by molar-refractivity contribution is 5.94. The summed E-state index contributed by atoms with van der Waals surface area (Å²) in [4.78, 5) is 18.7. The van der Waals surface area contributed by atoms with Gasteiger partial charge in [0.2, 0.25) is 0 Å². The van der Waals surface area contributed by atoms with Crippen LogP contribution in [0, 0.1) is 5.92 Å². The lowest BCUT2D eigenvalue weighted by Gasteiger charge is -2.49. The molecule has 2 fully saturated rings. The van der Waals surface area contributed by atoms with E-state index in [1.807, 2.05) is 6.07 Å². The predicted octanol–water partition coefficient (Wildman–Crippen LogP) is 6.14. The lowest BCUT2D eigenvalue weighted by molar-refractivity contribution is 0.0550. The van der Waals surface area contributed by atoms with E-state index in [0.29, 0.717) is 12.1 Å². The zero-order valence-corrected chi connectivity index (χ0v) is 21.7. The molecule has 4 heteroatoms. The third-order valence-electron chi connectivity index (χ3n) is 8.79. The van der Waals surface area contributed by atoms with E-state index in [9.17, 15) is 4.79 Å². The Bertz CT molecular complexity index is 990. The molecule has 3 aliphatic heterocycles. The molecule has 0 bridgehead atoms. The Labute approximate surface area is 212 Å². The first-order valence-electron chi connectivity index (χ1n) is 14.1. The van der Waals surface area contributed by atoms with Crippen molar-refractivity contribution in [3.8, 4) is 0 Å². The van der Waals surface area contributed by atoms with E-state index in [1.54, 1.807) is 0 Å². The molecule has 5 rings (SSSR count). The Morgan fingerprint density at radius 1 is 1.14 bits per heavy atom. The van der Waals surface area contributed by atoms with E-state index in [2.05, 4.69) is 71.4 Å². The van der Waals surface area contributed by atoms with Gasteiger partial charge in [0.15, 0.2) is 0 Å². The Morgan fingerprint density at radius 2 is 2.00 bits per heavy atom. The molecule has 0 unspecified atom stereocenters. The summed E-state index contributed by atoms with van der Waals surface area (Å²) >= 11 is 0. The summed E-state index contributed by atoms with van der Waals surface area (Å²) in [6.07, 6.45) is 9.64. The van der Waals surface area contributed by atoms with Gasteiger partial charge in [-0.25, -0.2) is 0 Å². The minimum absolute atomic E-state index is 0.0736. The number of nitrogens with zero attached hydrogens (tertiary/aromatic N) is 2. The first kappa shape index (κ1) is 24.5. The zero-order chi connectivity index (χ0) is 24.2. The number of unbranched alkanes of at least 4 members (excludes halogenated alkanes) is 3. The number of nitrogens with one attached hydrogen (secondary N) is 1. The van der Waals surface area contributed by atoms with Crippen molar-refractivity contribution in [2.75, 3.05) is 26.2 Å². The molecular formula is C31H43N3O. The number of hydrogen-bond acceptors (Lipinski definition) is 3. The minimum atomic E-state index is 0.0736. The lowest BCUT2D eigenvalue weighted by atomic mass is 9.77. The quantitative estimate of drug-likeness (QED) is 0.468. The Kier molecular flexibility index (Phi) is 7.89. The largest absolute Gasteiger partial charge is 0.332 e.